The molecule has 0 aliphatic rings. The minimum atomic E-state index is -1.10. The Bertz CT molecular complexity index is 433. The van der Waals surface area contributed by atoms with Gasteiger partial charge in [0.15, 0.2) is 0 Å². The van der Waals surface area contributed by atoms with Gasteiger partial charge in [-0.3, -0.25) is 9.59 Å². The molecule has 0 radical (unpaired) electrons. The molecule has 0 spiro atoms. The summed E-state index contributed by atoms with van der Waals surface area (Å²) >= 11 is 5.89. The highest BCUT2D eigenvalue weighted by molar-refractivity contribution is 6.32. The first kappa shape index (κ1) is 13.3. The lowest BCUT2D eigenvalue weighted by molar-refractivity contribution is -0.135. The molecule has 0 saturated heterocycles. The first-order valence-corrected chi connectivity index (χ1v) is 5.34. The van der Waals surface area contributed by atoms with Gasteiger partial charge in [-0.15, -0.1) is 0 Å². The number of rotatable bonds is 5. The van der Waals surface area contributed by atoms with Crippen molar-refractivity contribution in [3.8, 4) is 5.75 Å². The second kappa shape index (κ2) is 6.10. The highest BCUT2D eigenvalue weighted by atomic mass is 35.5. The fourth-order valence-corrected chi connectivity index (χ4v) is 1.41. The van der Waals surface area contributed by atoms with Crippen molar-refractivity contribution in [1.82, 2.24) is 5.32 Å². The Hall–Kier alpha value is -1.75. The summed E-state index contributed by atoms with van der Waals surface area (Å²) in [5.41, 5.74) is 0.291. The second-order valence-electron chi connectivity index (χ2n) is 3.15. The van der Waals surface area contributed by atoms with Crippen LogP contribution in [0.3, 0.4) is 0 Å². The smallest absolute Gasteiger partial charge is 0.322 e. The van der Waals surface area contributed by atoms with Crippen LogP contribution in [0.15, 0.2) is 18.2 Å². The molecule has 6 heteroatoms. The minimum Gasteiger partial charge on any atom is -0.492 e. The van der Waals surface area contributed by atoms with Crippen molar-refractivity contribution in [2.45, 2.75) is 6.92 Å². The Labute approximate surface area is 103 Å². The lowest BCUT2D eigenvalue weighted by Crippen LogP contribution is -2.29. The van der Waals surface area contributed by atoms with Gasteiger partial charge in [-0.2, -0.15) is 0 Å². The number of benzene rings is 1. The van der Waals surface area contributed by atoms with Crippen molar-refractivity contribution < 1.29 is 19.4 Å². The van der Waals surface area contributed by atoms with Gasteiger partial charge < -0.3 is 15.2 Å². The summed E-state index contributed by atoms with van der Waals surface area (Å²) in [6.07, 6.45) is 0. The summed E-state index contributed by atoms with van der Waals surface area (Å²) in [4.78, 5) is 21.8. The van der Waals surface area contributed by atoms with Crippen LogP contribution in [0, 0.1) is 0 Å². The quantitative estimate of drug-likeness (QED) is 0.839. The Balaban J connectivity index is 2.75. The fourth-order valence-electron chi connectivity index (χ4n) is 1.17. The zero-order valence-corrected chi connectivity index (χ0v) is 9.95. The molecule has 0 aliphatic carbocycles. The summed E-state index contributed by atoms with van der Waals surface area (Å²) in [5, 5.41) is 11.0. The highest BCUT2D eigenvalue weighted by Gasteiger charge is 2.10. The predicted molar refractivity (Wildman–Crippen MR) is 62.6 cm³/mol. The maximum Gasteiger partial charge on any atom is 0.322 e. The summed E-state index contributed by atoms with van der Waals surface area (Å²) < 4.78 is 5.21. The van der Waals surface area contributed by atoms with Gasteiger partial charge in [-0.1, -0.05) is 11.6 Å². The third-order valence-corrected chi connectivity index (χ3v) is 2.19. The number of carboxylic acid groups (broad SMARTS) is 1. The van der Waals surface area contributed by atoms with Crippen LogP contribution >= 0.6 is 11.6 Å². The van der Waals surface area contributed by atoms with Crippen LogP contribution in [0.1, 0.15) is 17.3 Å². The van der Waals surface area contributed by atoms with Crippen LogP contribution in [0.25, 0.3) is 0 Å². The third kappa shape index (κ3) is 3.96. The molecule has 0 saturated carbocycles. The molecule has 0 unspecified atom stereocenters. The van der Waals surface area contributed by atoms with E-state index in [1.807, 2.05) is 6.92 Å². The number of amides is 1. The molecule has 0 fully saturated rings. The summed E-state index contributed by atoms with van der Waals surface area (Å²) in [7, 11) is 0. The standard InChI is InChI=1S/C11H12ClNO4/c1-2-17-9-4-3-7(5-8(9)12)11(16)13-6-10(14)15/h3-5H,2,6H2,1H3,(H,13,16)(H,14,15). The number of hydrogen-bond donors (Lipinski definition) is 2. The molecule has 1 amide bonds. The van der Waals surface area contributed by atoms with Gasteiger partial charge in [0.1, 0.15) is 12.3 Å². The number of halogens is 1. The van der Waals surface area contributed by atoms with E-state index >= 15 is 0 Å². The first-order chi connectivity index (χ1) is 8.04. The van der Waals surface area contributed by atoms with Crippen LogP contribution in [-0.2, 0) is 4.79 Å². The maximum atomic E-state index is 11.5. The van der Waals surface area contributed by atoms with Gasteiger partial charge >= 0.3 is 5.97 Å². The van der Waals surface area contributed by atoms with Crippen molar-refractivity contribution in [3.63, 3.8) is 0 Å². The largest absolute Gasteiger partial charge is 0.492 e. The molecule has 92 valence electrons. The third-order valence-electron chi connectivity index (χ3n) is 1.89. The molecule has 0 aromatic heterocycles. The van der Waals surface area contributed by atoms with Crippen LogP contribution < -0.4 is 10.1 Å². The molecule has 2 N–H and O–H groups in total. The normalized spacial score (nSPS) is 9.76. The van der Waals surface area contributed by atoms with E-state index in [4.69, 9.17) is 21.4 Å². The molecule has 0 bridgehead atoms. The van der Waals surface area contributed by atoms with E-state index in [1.54, 1.807) is 6.07 Å². The molecule has 1 aromatic rings. The lowest BCUT2D eigenvalue weighted by atomic mass is 10.2. The maximum absolute atomic E-state index is 11.5. The van der Waals surface area contributed by atoms with Gasteiger partial charge in [0, 0.05) is 5.56 Å². The average molecular weight is 258 g/mol. The predicted octanol–water partition coefficient (Wildman–Crippen LogP) is 1.55. The number of nitrogens with one attached hydrogen (secondary N) is 1. The van der Waals surface area contributed by atoms with E-state index < -0.39 is 18.4 Å². The van der Waals surface area contributed by atoms with Crippen LogP contribution in [0.2, 0.25) is 5.02 Å². The number of aliphatic carboxylic acids is 1. The van der Waals surface area contributed by atoms with Crippen molar-refractivity contribution in [2.75, 3.05) is 13.2 Å². The zero-order valence-electron chi connectivity index (χ0n) is 9.20. The zero-order chi connectivity index (χ0) is 12.8. The fraction of sp³-hybridized carbons (Fsp3) is 0.273. The van der Waals surface area contributed by atoms with E-state index in [2.05, 4.69) is 5.32 Å². The molecule has 0 atom stereocenters. The Morgan fingerprint density at radius 2 is 2.18 bits per heavy atom. The molecule has 1 aromatic carbocycles. The summed E-state index contributed by atoms with van der Waals surface area (Å²) in [6, 6.07) is 4.53. The molecule has 17 heavy (non-hydrogen) atoms. The van der Waals surface area contributed by atoms with E-state index in [-0.39, 0.29) is 0 Å². The van der Waals surface area contributed by atoms with Crippen molar-refractivity contribution in [1.29, 1.82) is 0 Å². The van der Waals surface area contributed by atoms with Gasteiger partial charge in [-0.25, -0.2) is 0 Å². The average Bonchev–Trinajstić information content (AvgIpc) is 2.28. The summed E-state index contributed by atoms with van der Waals surface area (Å²) in [6.45, 7) is 1.87. The van der Waals surface area contributed by atoms with Gasteiger partial charge in [-0.05, 0) is 25.1 Å². The van der Waals surface area contributed by atoms with Gasteiger partial charge in [0.05, 0.1) is 11.6 Å². The number of hydrogen-bond acceptors (Lipinski definition) is 3. The SMILES string of the molecule is CCOc1ccc(C(=O)NCC(=O)O)cc1Cl. The van der Waals surface area contributed by atoms with E-state index in [0.717, 1.165) is 0 Å². The molecule has 0 aliphatic heterocycles. The lowest BCUT2D eigenvalue weighted by Gasteiger charge is -2.07. The number of carbonyl (C=O) groups is 2. The van der Waals surface area contributed by atoms with Gasteiger partial charge in [0.2, 0.25) is 0 Å². The molecular formula is C11H12ClNO4. The Kier molecular flexibility index (Phi) is 4.78. The minimum absolute atomic E-state index is 0.291. The van der Waals surface area contributed by atoms with E-state index in [1.165, 1.54) is 12.1 Å². The Morgan fingerprint density at radius 1 is 1.47 bits per heavy atom. The van der Waals surface area contributed by atoms with Crippen LogP contribution in [0.4, 0.5) is 0 Å². The number of carbonyl (C=O) groups excluding carboxylic acids is 1. The summed E-state index contributed by atoms with van der Waals surface area (Å²) in [5.74, 6) is -1.10. The molecular weight excluding hydrogens is 246 g/mol. The number of ether oxygens (including phenoxy) is 1. The topological polar surface area (TPSA) is 75.6 Å². The Morgan fingerprint density at radius 3 is 2.71 bits per heavy atom. The van der Waals surface area contributed by atoms with Gasteiger partial charge in [0.25, 0.3) is 5.91 Å². The number of carboxylic acids is 1. The van der Waals surface area contributed by atoms with Crippen molar-refractivity contribution >= 4 is 23.5 Å². The molecule has 1 rings (SSSR count). The second-order valence-corrected chi connectivity index (χ2v) is 3.56. The van der Waals surface area contributed by atoms with Crippen molar-refractivity contribution in [3.05, 3.63) is 28.8 Å². The molecule has 0 heterocycles. The molecule has 5 nitrogen and oxygen atoms in total. The highest BCUT2D eigenvalue weighted by Crippen LogP contribution is 2.25. The van der Waals surface area contributed by atoms with E-state index in [9.17, 15) is 9.59 Å². The van der Waals surface area contributed by atoms with Crippen LogP contribution in [-0.4, -0.2) is 30.1 Å². The van der Waals surface area contributed by atoms with Crippen LogP contribution in [0.5, 0.6) is 5.75 Å². The van der Waals surface area contributed by atoms with E-state index in [0.29, 0.717) is 22.9 Å². The monoisotopic (exact) mass is 257 g/mol. The van der Waals surface area contributed by atoms with Crippen molar-refractivity contribution in [2.24, 2.45) is 0 Å². The first-order valence-electron chi connectivity index (χ1n) is 4.97.